The van der Waals surface area contributed by atoms with Crippen LogP contribution in [0.2, 0.25) is 0 Å². The van der Waals surface area contributed by atoms with Crippen molar-refractivity contribution in [1.29, 1.82) is 0 Å². The van der Waals surface area contributed by atoms with Crippen molar-refractivity contribution < 1.29 is 14.3 Å². The highest BCUT2D eigenvalue weighted by Crippen LogP contribution is 2.01. The summed E-state index contributed by atoms with van der Waals surface area (Å²) in [6, 6.07) is 0. The molecule has 0 saturated heterocycles. The van der Waals surface area contributed by atoms with Crippen LogP contribution >= 0.6 is 0 Å². The van der Waals surface area contributed by atoms with Crippen molar-refractivity contribution in [1.82, 2.24) is 5.43 Å². The van der Waals surface area contributed by atoms with E-state index in [0.29, 0.717) is 19.6 Å². The number of hydrazine groups is 1. The van der Waals surface area contributed by atoms with Crippen molar-refractivity contribution in [3.63, 3.8) is 0 Å². The van der Waals surface area contributed by atoms with Crippen LogP contribution in [-0.2, 0) is 14.3 Å². The van der Waals surface area contributed by atoms with E-state index in [1.807, 2.05) is 6.92 Å². The van der Waals surface area contributed by atoms with Crippen molar-refractivity contribution in [2.45, 2.75) is 25.9 Å². The van der Waals surface area contributed by atoms with Crippen molar-refractivity contribution in [3.8, 4) is 0 Å². The van der Waals surface area contributed by atoms with E-state index in [1.165, 1.54) is 0 Å². The number of hydrogen-bond acceptors (Lipinski definition) is 4. The first-order valence-corrected chi connectivity index (χ1v) is 4.37. The maximum Gasteiger partial charge on any atom is 0.262 e. The molecule has 0 aliphatic heterocycles. The van der Waals surface area contributed by atoms with Gasteiger partial charge in [-0.1, -0.05) is 13.3 Å². The fraction of sp³-hybridized carbons (Fsp3) is 0.875. The number of methoxy groups -OCH3 is 1. The number of hydrogen-bond donors (Lipinski definition) is 2. The lowest BCUT2D eigenvalue weighted by Crippen LogP contribution is -2.40. The number of carbonyl (C=O) groups excluding carboxylic acids is 1. The smallest absolute Gasteiger partial charge is 0.262 e. The number of nitrogens with one attached hydrogen (secondary N) is 1. The molecule has 0 saturated carbocycles. The van der Waals surface area contributed by atoms with Gasteiger partial charge in [0.15, 0.2) is 0 Å². The van der Waals surface area contributed by atoms with Gasteiger partial charge in [-0.2, -0.15) is 0 Å². The van der Waals surface area contributed by atoms with Gasteiger partial charge in [-0.25, -0.2) is 5.84 Å². The van der Waals surface area contributed by atoms with Crippen LogP contribution in [0.3, 0.4) is 0 Å². The standard InChI is InChI=1S/C8H18N2O3/c1-3-4-7(8(11)10-9)13-6-5-12-2/h7H,3-6,9H2,1-2H3,(H,10,11). The monoisotopic (exact) mass is 190 g/mol. The van der Waals surface area contributed by atoms with Crippen LogP contribution in [0, 0.1) is 0 Å². The van der Waals surface area contributed by atoms with Crippen LogP contribution in [0.15, 0.2) is 0 Å². The van der Waals surface area contributed by atoms with Gasteiger partial charge in [0.2, 0.25) is 0 Å². The maximum absolute atomic E-state index is 11.1. The maximum atomic E-state index is 11.1. The Morgan fingerprint density at radius 3 is 2.69 bits per heavy atom. The Morgan fingerprint density at radius 1 is 1.54 bits per heavy atom. The second kappa shape index (κ2) is 7.97. The van der Waals surface area contributed by atoms with Crippen molar-refractivity contribution in [2.24, 2.45) is 5.84 Å². The number of ether oxygens (including phenoxy) is 2. The van der Waals surface area contributed by atoms with Crippen LogP contribution in [0.25, 0.3) is 0 Å². The molecular weight excluding hydrogens is 172 g/mol. The summed E-state index contributed by atoms with van der Waals surface area (Å²) in [4.78, 5) is 11.1. The first-order chi connectivity index (χ1) is 6.26. The molecule has 0 heterocycles. The largest absolute Gasteiger partial charge is 0.382 e. The van der Waals surface area contributed by atoms with E-state index in [-0.39, 0.29) is 5.91 Å². The summed E-state index contributed by atoms with van der Waals surface area (Å²) in [5.41, 5.74) is 2.07. The minimum absolute atomic E-state index is 0.280. The number of nitrogens with two attached hydrogens (primary N) is 1. The van der Waals surface area contributed by atoms with Gasteiger partial charge in [0.1, 0.15) is 6.10 Å². The summed E-state index contributed by atoms with van der Waals surface area (Å²) in [6.45, 7) is 2.88. The van der Waals surface area contributed by atoms with E-state index in [2.05, 4.69) is 5.43 Å². The SMILES string of the molecule is CCCC(OCCOC)C(=O)NN. The predicted octanol–water partition coefficient (Wildman–Crippen LogP) is -0.192. The minimum Gasteiger partial charge on any atom is -0.382 e. The summed E-state index contributed by atoms with van der Waals surface area (Å²) in [5.74, 6) is 4.72. The zero-order valence-corrected chi connectivity index (χ0v) is 8.21. The van der Waals surface area contributed by atoms with Crippen LogP contribution < -0.4 is 11.3 Å². The van der Waals surface area contributed by atoms with Gasteiger partial charge in [-0.3, -0.25) is 10.2 Å². The Kier molecular flexibility index (Phi) is 7.57. The lowest BCUT2D eigenvalue weighted by atomic mass is 10.2. The Morgan fingerprint density at radius 2 is 2.23 bits per heavy atom. The van der Waals surface area contributed by atoms with Crippen LogP contribution in [-0.4, -0.2) is 32.3 Å². The molecule has 0 radical (unpaired) electrons. The first-order valence-electron chi connectivity index (χ1n) is 4.37. The molecule has 0 aromatic carbocycles. The average Bonchev–Trinajstić information content (AvgIpc) is 2.16. The normalized spacial score (nSPS) is 12.5. The highest BCUT2D eigenvalue weighted by Gasteiger charge is 2.16. The van der Waals surface area contributed by atoms with Gasteiger partial charge >= 0.3 is 0 Å². The summed E-state index contributed by atoms with van der Waals surface area (Å²) in [5, 5.41) is 0. The molecule has 0 fully saturated rings. The fourth-order valence-electron chi connectivity index (χ4n) is 0.919. The summed E-state index contributed by atoms with van der Waals surface area (Å²) >= 11 is 0. The topological polar surface area (TPSA) is 73.6 Å². The second-order valence-electron chi connectivity index (χ2n) is 2.65. The molecule has 1 atom stereocenters. The third-order valence-electron chi connectivity index (χ3n) is 1.59. The van der Waals surface area contributed by atoms with E-state index in [0.717, 1.165) is 6.42 Å². The second-order valence-corrected chi connectivity index (χ2v) is 2.65. The molecule has 0 aromatic heterocycles. The average molecular weight is 190 g/mol. The van der Waals surface area contributed by atoms with E-state index >= 15 is 0 Å². The Balaban J connectivity index is 3.73. The molecular formula is C8H18N2O3. The molecule has 78 valence electrons. The van der Waals surface area contributed by atoms with E-state index < -0.39 is 6.10 Å². The van der Waals surface area contributed by atoms with Gasteiger partial charge in [0, 0.05) is 7.11 Å². The molecule has 1 unspecified atom stereocenters. The molecule has 0 bridgehead atoms. The van der Waals surface area contributed by atoms with Crippen LogP contribution in [0.1, 0.15) is 19.8 Å². The Bertz CT molecular complexity index is 141. The zero-order chi connectivity index (χ0) is 10.1. The summed E-state index contributed by atoms with van der Waals surface area (Å²) in [6.07, 6.45) is 1.10. The number of rotatable bonds is 7. The van der Waals surface area contributed by atoms with Gasteiger partial charge in [-0.05, 0) is 6.42 Å². The molecule has 0 aliphatic carbocycles. The Labute approximate surface area is 78.5 Å². The third-order valence-corrected chi connectivity index (χ3v) is 1.59. The molecule has 0 rings (SSSR count). The highest BCUT2D eigenvalue weighted by molar-refractivity contribution is 5.80. The van der Waals surface area contributed by atoms with Crippen molar-refractivity contribution in [2.75, 3.05) is 20.3 Å². The molecule has 0 spiro atoms. The molecule has 5 nitrogen and oxygen atoms in total. The van der Waals surface area contributed by atoms with E-state index in [9.17, 15) is 4.79 Å². The van der Waals surface area contributed by atoms with E-state index in [4.69, 9.17) is 15.3 Å². The summed E-state index contributed by atoms with van der Waals surface area (Å²) < 4.78 is 10.1. The lowest BCUT2D eigenvalue weighted by Gasteiger charge is -2.14. The fourth-order valence-corrected chi connectivity index (χ4v) is 0.919. The quantitative estimate of drug-likeness (QED) is 0.252. The minimum atomic E-state index is -0.454. The van der Waals surface area contributed by atoms with Crippen molar-refractivity contribution in [3.05, 3.63) is 0 Å². The van der Waals surface area contributed by atoms with E-state index in [1.54, 1.807) is 7.11 Å². The number of carbonyl (C=O) groups is 1. The first kappa shape index (κ1) is 12.3. The highest BCUT2D eigenvalue weighted by atomic mass is 16.5. The zero-order valence-electron chi connectivity index (χ0n) is 8.21. The predicted molar refractivity (Wildman–Crippen MR) is 48.9 cm³/mol. The summed E-state index contributed by atoms with van der Waals surface area (Å²) in [7, 11) is 1.58. The molecule has 1 amide bonds. The molecule has 3 N–H and O–H groups in total. The molecule has 0 aliphatic rings. The third kappa shape index (κ3) is 5.57. The Hall–Kier alpha value is -0.650. The molecule has 13 heavy (non-hydrogen) atoms. The van der Waals surface area contributed by atoms with Gasteiger partial charge in [0.05, 0.1) is 13.2 Å². The molecule has 5 heteroatoms. The number of amides is 1. The van der Waals surface area contributed by atoms with Gasteiger partial charge < -0.3 is 9.47 Å². The van der Waals surface area contributed by atoms with Gasteiger partial charge in [0.25, 0.3) is 5.91 Å². The van der Waals surface area contributed by atoms with Crippen molar-refractivity contribution >= 4 is 5.91 Å². The lowest BCUT2D eigenvalue weighted by molar-refractivity contribution is -0.134. The van der Waals surface area contributed by atoms with Gasteiger partial charge in [-0.15, -0.1) is 0 Å². The van der Waals surface area contributed by atoms with Crippen LogP contribution in [0.5, 0.6) is 0 Å². The molecule has 0 aromatic rings. The van der Waals surface area contributed by atoms with Crippen LogP contribution in [0.4, 0.5) is 0 Å².